The maximum Gasteiger partial charge on any atom is 0.349 e. The van der Waals surface area contributed by atoms with Gasteiger partial charge in [0.2, 0.25) is 0 Å². The minimum absolute atomic E-state index is 0.0395. The second-order valence-electron chi connectivity index (χ2n) is 6.44. The number of aromatic nitrogens is 1. The van der Waals surface area contributed by atoms with Gasteiger partial charge in [-0.25, -0.2) is 4.79 Å². The molecule has 0 unspecified atom stereocenters. The molecule has 0 saturated carbocycles. The third kappa shape index (κ3) is 5.73. The van der Waals surface area contributed by atoms with E-state index in [0.29, 0.717) is 18.9 Å². The first kappa shape index (κ1) is 21.3. The van der Waals surface area contributed by atoms with Gasteiger partial charge in [0, 0.05) is 25.0 Å². The molecule has 6 nitrogen and oxygen atoms in total. The van der Waals surface area contributed by atoms with Crippen molar-refractivity contribution in [2.24, 2.45) is 0 Å². The van der Waals surface area contributed by atoms with Crippen molar-refractivity contribution in [3.63, 3.8) is 0 Å². The molecule has 0 radical (unpaired) electrons. The van der Waals surface area contributed by atoms with Gasteiger partial charge in [-0.1, -0.05) is 17.7 Å². The first-order valence-corrected chi connectivity index (χ1v) is 9.10. The molecule has 6 heteroatoms. The van der Waals surface area contributed by atoms with Crippen LogP contribution >= 0.6 is 0 Å². The molecule has 0 atom stereocenters. The summed E-state index contributed by atoms with van der Waals surface area (Å²) in [5.41, 5.74) is 3.93. The zero-order valence-electron chi connectivity index (χ0n) is 16.8. The molecule has 0 aliphatic heterocycles. The van der Waals surface area contributed by atoms with Crippen molar-refractivity contribution in [3.8, 4) is 11.8 Å². The van der Waals surface area contributed by atoms with E-state index in [9.17, 15) is 10.1 Å². The van der Waals surface area contributed by atoms with Crippen LogP contribution in [0.1, 0.15) is 22.5 Å². The highest BCUT2D eigenvalue weighted by Crippen LogP contribution is 2.19. The number of carbonyl (C=O) groups excluding carboxylic acids is 1. The monoisotopic (exact) mass is 382 g/mol. The highest BCUT2D eigenvalue weighted by Gasteiger charge is 2.14. The predicted octanol–water partition coefficient (Wildman–Crippen LogP) is 3.59. The lowest BCUT2D eigenvalue weighted by atomic mass is 10.1. The van der Waals surface area contributed by atoms with Crippen molar-refractivity contribution in [1.29, 1.82) is 5.26 Å². The van der Waals surface area contributed by atoms with Gasteiger partial charge in [0.25, 0.3) is 0 Å². The molecule has 0 N–H and O–H groups in total. The quantitative estimate of drug-likeness (QED) is 0.287. The second-order valence-corrected chi connectivity index (χ2v) is 6.44. The maximum atomic E-state index is 12.2. The Morgan fingerprint density at radius 3 is 2.50 bits per heavy atom. The number of hydrogen-bond acceptors (Lipinski definition) is 5. The summed E-state index contributed by atoms with van der Waals surface area (Å²) in [4.78, 5) is 12.2. The van der Waals surface area contributed by atoms with Gasteiger partial charge >= 0.3 is 5.97 Å². The van der Waals surface area contributed by atoms with E-state index >= 15 is 0 Å². The number of nitriles is 1. The van der Waals surface area contributed by atoms with Crippen LogP contribution in [-0.2, 0) is 20.8 Å². The number of rotatable bonds is 9. The summed E-state index contributed by atoms with van der Waals surface area (Å²) in [7, 11) is 1.65. The maximum absolute atomic E-state index is 12.2. The standard InChI is InChI=1S/C22H26N2O4/c1-16-5-7-21(8-6-16)27-11-12-28-22(25)20(15-23)14-19-13-17(2)24(18(19)3)9-10-26-4/h5-8,13-14H,9-12H2,1-4H3/b20-14+. The molecular weight excluding hydrogens is 356 g/mol. The van der Waals surface area contributed by atoms with Crippen LogP contribution < -0.4 is 4.74 Å². The van der Waals surface area contributed by atoms with Crippen LogP contribution in [0, 0.1) is 32.1 Å². The Bertz CT molecular complexity index is 873. The van der Waals surface area contributed by atoms with Crippen molar-refractivity contribution < 1.29 is 19.0 Å². The van der Waals surface area contributed by atoms with Crippen molar-refractivity contribution in [2.75, 3.05) is 26.9 Å². The SMILES string of the molecule is COCCn1c(C)cc(/C=C(\C#N)C(=O)OCCOc2ccc(C)cc2)c1C. The molecule has 0 amide bonds. The number of hydrogen-bond donors (Lipinski definition) is 0. The Kier molecular flexibility index (Phi) is 7.85. The van der Waals surface area contributed by atoms with Gasteiger partial charge in [0.15, 0.2) is 0 Å². The average Bonchev–Trinajstić information content (AvgIpc) is 2.95. The predicted molar refractivity (Wildman–Crippen MR) is 107 cm³/mol. The minimum atomic E-state index is -0.656. The highest BCUT2D eigenvalue weighted by atomic mass is 16.6. The smallest absolute Gasteiger partial charge is 0.349 e. The topological polar surface area (TPSA) is 73.5 Å². The molecule has 0 aliphatic carbocycles. The average molecular weight is 382 g/mol. The molecule has 28 heavy (non-hydrogen) atoms. The first-order chi connectivity index (χ1) is 13.5. The van der Waals surface area contributed by atoms with Crippen LogP contribution in [0.15, 0.2) is 35.9 Å². The van der Waals surface area contributed by atoms with Crippen LogP contribution in [0.5, 0.6) is 5.75 Å². The van der Waals surface area contributed by atoms with Crippen LogP contribution in [0.25, 0.3) is 6.08 Å². The molecule has 1 aromatic heterocycles. The largest absolute Gasteiger partial charge is 0.490 e. The van der Waals surface area contributed by atoms with Crippen molar-refractivity contribution in [1.82, 2.24) is 4.57 Å². The fourth-order valence-electron chi connectivity index (χ4n) is 2.80. The summed E-state index contributed by atoms with van der Waals surface area (Å²) >= 11 is 0. The lowest BCUT2D eigenvalue weighted by Gasteiger charge is -2.08. The number of ether oxygens (including phenoxy) is 3. The molecular formula is C22H26N2O4. The lowest BCUT2D eigenvalue weighted by molar-refractivity contribution is -0.139. The first-order valence-electron chi connectivity index (χ1n) is 9.10. The van der Waals surface area contributed by atoms with Crippen molar-refractivity contribution in [3.05, 3.63) is 58.4 Å². The normalized spacial score (nSPS) is 11.2. The fraction of sp³-hybridized carbons (Fsp3) is 0.364. The highest BCUT2D eigenvalue weighted by molar-refractivity contribution is 5.98. The van der Waals surface area contributed by atoms with E-state index in [0.717, 1.165) is 22.5 Å². The van der Waals surface area contributed by atoms with Crippen LogP contribution in [0.3, 0.4) is 0 Å². The second kappa shape index (κ2) is 10.3. The Morgan fingerprint density at radius 1 is 1.14 bits per heavy atom. The van der Waals surface area contributed by atoms with E-state index < -0.39 is 5.97 Å². The number of carbonyl (C=O) groups is 1. The van der Waals surface area contributed by atoms with E-state index in [2.05, 4.69) is 4.57 Å². The van der Waals surface area contributed by atoms with Gasteiger partial charge in [0.05, 0.1) is 6.61 Å². The Balaban J connectivity index is 1.95. The summed E-state index contributed by atoms with van der Waals surface area (Å²) < 4.78 is 17.9. The molecule has 0 fully saturated rings. The zero-order chi connectivity index (χ0) is 20.5. The third-order valence-corrected chi connectivity index (χ3v) is 4.38. The Hall–Kier alpha value is -3.04. The summed E-state index contributed by atoms with van der Waals surface area (Å²) in [6, 6.07) is 11.5. The fourth-order valence-corrected chi connectivity index (χ4v) is 2.80. The summed E-state index contributed by atoms with van der Waals surface area (Å²) in [6.07, 6.45) is 1.56. The number of esters is 1. The van der Waals surface area contributed by atoms with E-state index in [1.54, 1.807) is 13.2 Å². The summed E-state index contributed by atoms with van der Waals surface area (Å²) in [5.74, 6) is 0.0536. The molecule has 2 rings (SSSR count). The van der Waals surface area contributed by atoms with E-state index in [-0.39, 0.29) is 18.8 Å². The third-order valence-electron chi connectivity index (χ3n) is 4.38. The molecule has 2 aromatic rings. The van der Waals surface area contributed by atoms with Crippen molar-refractivity contribution >= 4 is 12.0 Å². The van der Waals surface area contributed by atoms with Crippen molar-refractivity contribution in [2.45, 2.75) is 27.3 Å². The van der Waals surface area contributed by atoms with Gasteiger partial charge in [-0.2, -0.15) is 5.26 Å². The van der Waals surface area contributed by atoms with Gasteiger partial charge < -0.3 is 18.8 Å². The number of aryl methyl sites for hydroxylation is 2. The van der Waals surface area contributed by atoms with Gasteiger partial charge in [0.1, 0.15) is 30.6 Å². The molecule has 0 spiro atoms. The molecule has 0 aliphatic rings. The molecule has 148 valence electrons. The molecule has 0 bridgehead atoms. The number of methoxy groups -OCH3 is 1. The molecule has 0 saturated heterocycles. The van der Waals surface area contributed by atoms with Gasteiger partial charge in [-0.3, -0.25) is 0 Å². The van der Waals surface area contributed by atoms with Crippen LogP contribution in [0.4, 0.5) is 0 Å². The van der Waals surface area contributed by atoms with Gasteiger partial charge in [-0.15, -0.1) is 0 Å². The van der Waals surface area contributed by atoms with E-state index in [1.807, 2.05) is 57.2 Å². The number of nitrogens with zero attached hydrogens (tertiary/aromatic N) is 2. The van der Waals surface area contributed by atoms with Crippen LogP contribution in [0.2, 0.25) is 0 Å². The summed E-state index contributed by atoms with van der Waals surface area (Å²) in [6.45, 7) is 7.52. The zero-order valence-corrected chi connectivity index (χ0v) is 16.8. The van der Waals surface area contributed by atoms with E-state index in [4.69, 9.17) is 14.2 Å². The minimum Gasteiger partial charge on any atom is -0.490 e. The molecule has 1 heterocycles. The lowest BCUT2D eigenvalue weighted by Crippen LogP contribution is -2.13. The Labute approximate surface area is 165 Å². The Morgan fingerprint density at radius 2 is 1.86 bits per heavy atom. The van der Waals surface area contributed by atoms with E-state index in [1.165, 1.54) is 0 Å². The van der Waals surface area contributed by atoms with Crippen LogP contribution in [-0.4, -0.2) is 37.5 Å². The summed E-state index contributed by atoms with van der Waals surface area (Å²) in [5, 5.41) is 9.35. The number of benzene rings is 1. The molecule has 1 aromatic carbocycles. The van der Waals surface area contributed by atoms with Gasteiger partial charge in [-0.05, 0) is 50.6 Å².